The van der Waals surface area contributed by atoms with Gasteiger partial charge in [-0.15, -0.1) is 0 Å². The molecule has 0 saturated carbocycles. The molecule has 0 aliphatic rings. The number of anilines is 1. The molecule has 13 heavy (non-hydrogen) atoms. The van der Waals surface area contributed by atoms with E-state index in [1.165, 1.54) is 11.8 Å². The lowest BCUT2D eigenvalue weighted by Gasteiger charge is -2.07. The second kappa shape index (κ2) is 4.46. The van der Waals surface area contributed by atoms with Crippen LogP contribution in [0.15, 0.2) is 5.16 Å². The fourth-order valence-electron chi connectivity index (χ4n) is 1.24. The van der Waals surface area contributed by atoms with Gasteiger partial charge in [-0.2, -0.15) is 0 Å². The molecule has 0 unspecified atom stereocenters. The van der Waals surface area contributed by atoms with Crippen molar-refractivity contribution in [1.82, 2.24) is 9.97 Å². The summed E-state index contributed by atoms with van der Waals surface area (Å²) in [5, 5.41) is 0.759. The van der Waals surface area contributed by atoms with E-state index in [9.17, 15) is 0 Å². The van der Waals surface area contributed by atoms with Gasteiger partial charge in [0.25, 0.3) is 0 Å². The minimum absolute atomic E-state index is 0.638. The Morgan fingerprint density at radius 2 is 2.08 bits per heavy atom. The molecule has 0 aromatic carbocycles. The molecule has 4 heteroatoms. The van der Waals surface area contributed by atoms with Crippen molar-refractivity contribution in [2.75, 3.05) is 12.0 Å². The second-order valence-corrected chi connectivity index (χ2v) is 3.68. The summed E-state index contributed by atoms with van der Waals surface area (Å²) in [5.74, 6) is 0.638. The van der Waals surface area contributed by atoms with Crippen LogP contribution in [0.4, 0.5) is 5.82 Å². The number of hydrogen-bond acceptors (Lipinski definition) is 4. The predicted molar refractivity (Wildman–Crippen MR) is 57.0 cm³/mol. The van der Waals surface area contributed by atoms with Gasteiger partial charge in [0.15, 0.2) is 5.16 Å². The Morgan fingerprint density at radius 3 is 2.54 bits per heavy atom. The average molecular weight is 197 g/mol. The zero-order valence-electron chi connectivity index (χ0n) is 8.29. The average Bonchev–Trinajstić information content (AvgIpc) is 2.11. The van der Waals surface area contributed by atoms with Crippen molar-refractivity contribution in [3.05, 3.63) is 11.3 Å². The van der Waals surface area contributed by atoms with Gasteiger partial charge < -0.3 is 5.73 Å². The van der Waals surface area contributed by atoms with E-state index < -0.39 is 0 Å². The lowest BCUT2D eigenvalue weighted by Crippen LogP contribution is -2.04. The van der Waals surface area contributed by atoms with Crippen molar-refractivity contribution in [2.24, 2.45) is 0 Å². The summed E-state index contributed by atoms with van der Waals surface area (Å²) >= 11 is 1.52. The third-order valence-corrected chi connectivity index (χ3v) is 2.46. The van der Waals surface area contributed by atoms with Crippen LogP contribution in [0.2, 0.25) is 0 Å². The number of thioether (sulfide) groups is 1. The number of rotatable bonds is 3. The van der Waals surface area contributed by atoms with E-state index >= 15 is 0 Å². The van der Waals surface area contributed by atoms with Gasteiger partial charge >= 0.3 is 0 Å². The molecule has 1 aromatic heterocycles. The Balaban J connectivity index is 3.07. The van der Waals surface area contributed by atoms with Crippen molar-refractivity contribution < 1.29 is 0 Å². The SMILES string of the molecule is CCCc1c(C)nc(SC)nc1N. The van der Waals surface area contributed by atoms with Crippen LogP contribution in [0.25, 0.3) is 0 Å². The largest absolute Gasteiger partial charge is 0.383 e. The molecule has 1 heterocycles. The van der Waals surface area contributed by atoms with Crippen LogP contribution in [0.1, 0.15) is 24.6 Å². The first-order valence-corrected chi connectivity index (χ1v) is 5.58. The van der Waals surface area contributed by atoms with E-state index in [0.717, 1.165) is 29.3 Å². The van der Waals surface area contributed by atoms with E-state index in [1.54, 1.807) is 0 Å². The Morgan fingerprint density at radius 1 is 1.38 bits per heavy atom. The highest BCUT2D eigenvalue weighted by Crippen LogP contribution is 2.18. The van der Waals surface area contributed by atoms with E-state index in [-0.39, 0.29) is 0 Å². The maximum atomic E-state index is 5.82. The first-order chi connectivity index (χ1) is 6.19. The normalized spacial score (nSPS) is 10.4. The molecule has 2 N–H and O–H groups in total. The van der Waals surface area contributed by atoms with Gasteiger partial charge in [-0.1, -0.05) is 25.1 Å². The summed E-state index contributed by atoms with van der Waals surface area (Å²) in [7, 11) is 0. The lowest BCUT2D eigenvalue weighted by molar-refractivity contribution is 0.850. The van der Waals surface area contributed by atoms with E-state index in [4.69, 9.17) is 5.73 Å². The zero-order chi connectivity index (χ0) is 9.84. The molecule has 0 atom stereocenters. The molecule has 0 fully saturated rings. The molecular weight excluding hydrogens is 182 g/mol. The Kier molecular flexibility index (Phi) is 3.54. The molecule has 0 aliphatic carbocycles. The quantitative estimate of drug-likeness (QED) is 0.595. The summed E-state index contributed by atoms with van der Waals surface area (Å²) in [4.78, 5) is 8.54. The first-order valence-electron chi connectivity index (χ1n) is 4.36. The van der Waals surface area contributed by atoms with Crippen LogP contribution in [-0.2, 0) is 6.42 Å². The lowest BCUT2D eigenvalue weighted by atomic mass is 10.1. The van der Waals surface area contributed by atoms with Gasteiger partial charge in [-0.05, 0) is 19.6 Å². The summed E-state index contributed by atoms with van der Waals surface area (Å²) in [6.07, 6.45) is 3.99. The van der Waals surface area contributed by atoms with Crippen molar-refractivity contribution in [3.8, 4) is 0 Å². The van der Waals surface area contributed by atoms with Crippen LogP contribution in [0.5, 0.6) is 0 Å². The highest BCUT2D eigenvalue weighted by Gasteiger charge is 2.07. The van der Waals surface area contributed by atoms with Crippen LogP contribution in [0, 0.1) is 6.92 Å². The maximum Gasteiger partial charge on any atom is 0.189 e. The van der Waals surface area contributed by atoms with Gasteiger partial charge in [-0.3, -0.25) is 0 Å². The van der Waals surface area contributed by atoms with Gasteiger partial charge in [0, 0.05) is 11.3 Å². The number of nitrogens with zero attached hydrogens (tertiary/aromatic N) is 2. The molecular formula is C9H15N3S. The number of aromatic nitrogens is 2. The molecule has 0 radical (unpaired) electrons. The summed E-state index contributed by atoms with van der Waals surface area (Å²) < 4.78 is 0. The number of nitrogens with two attached hydrogens (primary N) is 1. The summed E-state index contributed by atoms with van der Waals surface area (Å²) in [5.41, 5.74) is 7.93. The van der Waals surface area contributed by atoms with Crippen LogP contribution in [0.3, 0.4) is 0 Å². The minimum Gasteiger partial charge on any atom is -0.383 e. The zero-order valence-corrected chi connectivity index (χ0v) is 9.11. The van der Waals surface area contributed by atoms with Gasteiger partial charge in [0.2, 0.25) is 0 Å². The van der Waals surface area contributed by atoms with Crippen LogP contribution < -0.4 is 5.73 Å². The van der Waals surface area contributed by atoms with E-state index in [1.807, 2.05) is 13.2 Å². The molecule has 0 amide bonds. The van der Waals surface area contributed by atoms with Crippen molar-refractivity contribution in [2.45, 2.75) is 31.8 Å². The van der Waals surface area contributed by atoms with Crippen LogP contribution >= 0.6 is 11.8 Å². The molecule has 72 valence electrons. The van der Waals surface area contributed by atoms with E-state index in [2.05, 4.69) is 16.9 Å². The standard InChI is InChI=1S/C9H15N3S/c1-4-5-7-6(2)11-9(13-3)12-8(7)10/h4-5H2,1-3H3,(H2,10,11,12). The third-order valence-electron chi connectivity index (χ3n) is 1.91. The second-order valence-electron chi connectivity index (χ2n) is 2.91. The number of nitrogen functional groups attached to an aromatic ring is 1. The van der Waals surface area contributed by atoms with Gasteiger partial charge in [-0.25, -0.2) is 9.97 Å². The summed E-state index contributed by atoms with van der Waals surface area (Å²) in [6, 6.07) is 0. The van der Waals surface area contributed by atoms with E-state index in [0.29, 0.717) is 5.82 Å². The topological polar surface area (TPSA) is 51.8 Å². The Hall–Kier alpha value is -0.770. The summed E-state index contributed by atoms with van der Waals surface area (Å²) in [6.45, 7) is 4.12. The molecule has 1 rings (SSSR count). The molecule has 0 spiro atoms. The Labute approximate surface area is 83.2 Å². The molecule has 0 saturated heterocycles. The molecule has 1 aromatic rings. The monoisotopic (exact) mass is 197 g/mol. The number of aryl methyl sites for hydroxylation is 1. The third kappa shape index (κ3) is 2.34. The fourth-order valence-corrected chi connectivity index (χ4v) is 1.66. The molecule has 0 aliphatic heterocycles. The minimum atomic E-state index is 0.638. The highest BCUT2D eigenvalue weighted by atomic mass is 32.2. The predicted octanol–water partition coefficient (Wildman–Crippen LogP) is 2.04. The van der Waals surface area contributed by atoms with Crippen molar-refractivity contribution in [3.63, 3.8) is 0 Å². The van der Waals surface area contributed by atoms with Crippen LogP contribution in [-0.4, -0.2) is 16.2 Å². The van der Waals surface area contributed by atoms with Gasteiger partial charge in [0.05, 0.1) is 0 Å². The smallest absolute Gasteiger partial charge is 0.189 e. The number of hydrogen-bond donors (Lipinski definition) is 1. The molecule has 0 bridgehead atoms. The van der Waals surface area contributed by atoms with Crippen molar-refractivity contribution >= 4 is 17.6 Å². The highest BCUT2D eigenvalue weighted by molar-refractivity contribution is 7.98. The Bertz CT molecular complexity index is 276. The van der Waals surface area contributed by atoms with Gasteiger partial charge in [0.1, 0.15) is 5.82 Å². The molecule has 3 nitrogen and oxygen atoms in total. The van der Waals surface area contributed by atoms with Crippen molar-refractivity contribution in [1.29, 1.82) is 0 Å². The maximum absolute atomic E-state index is 5.82. The first kappa shape index (κ1) is 10.3. The fraction of sp³-hybridized carbons (Fsp3) is 0.556.